The molecule has 5 heteroatoms. The summed E-state index contributed by atoms with van der Waals surface area (Å²) in [5.41, 5.74) is 1.10. The van der Waals surface area contributed by atoms with Gasteiger partial charge in [-0.1, -0.05) is 36.2 Å². The average Bonchev–Trinajstić information content (AvgIpc) is 3.04. The first-order valence-electron chi connectivity index (χ1n) is 7.44. The Balaban J connectivity index is 2.01. The lowest BCUT2D eigenvalue weighted by molar-refractivity contribution is -0.145. The van der Waals surface area contributed by atoms with Crippen LogP contribution in [0.25, 0.3) is 0 Å². The van der Waals surface area contributed by atoms with E-state index in [2.05, 4.69) is 11.0 Å². The smallest absolute Gasteiger partial charge is 0.320 e. The van der Waals surface area contributed by atoms with Crippen LogP contribution in [0.4, 0.5) is 0 Å². The number of likely N-dealkylation sites (tertiary alicyclic amines) is 1. The zero-order valence-electron chi connectivity index (χ0n) is 12.1. The maximum Gasteiger partial charge on any atom is 0.320 e. The lowest BCUT2D eigenvalue weighted by atomic mass is 9.95. The van der Waals surface area contributed by atoms with Gasteiger partial charge in [-0.05, 0) is 48.5 Å². The number of piperidine rings is 1. The molecule has 3 nitrogen and oxygen atoms in total. The number of aliphatic carboxylic acids is 1. The van der Waals surface area contributed by atoms with E-state index in [1.165, 1.54) is 4.88 Å². The molecule has 2 atom stereocenters. The molecule has 1 aromatic carbocycles. The third kappa shape index (κ3) is 3.19. The van der Waals surface area contributed by atoms with Gasteiger partial charge in [0.15, 0.2) is 0 Å². The monoisotopic (exact) mass is 335 g/mol. The van der Waals surface area contributed by atoms with Gasteiger partial charge in [0.2, 0.25) is 0 Å². The van der Waals surface area contributed by atoms with E-state index < -0.39 is 12.0 Å². The number of nitrogens with zero attached hydrogens (tertiary/aromatic N) is 1. The predicted octanol–water partition coefficient (Wildman–Crippen LogP) is 4.43. The fourth-order valence-corrected chi connectivity index (χ4v) is 4.14. The molecule has 2 aromatic rings. The molecule has 0 bridgehead atoms. The van der Waals surface area contributed by atoms with Gasteiger partial charge < -0.3 is 5.11 Å². The molecule has 0 amide bonds. The van der Waals surface area contributed by atoms with Gasteiger partial charge in [-0.2, -0.15) is 0 Å². The quantitative estimate of drug-likeness (QED) is 0.898. The van der Waals surface area contributed by atoms with E-state index in [4.69, 9.17) is 11.6 Å². The van der Waals surface area contributed by atoms with E-state index in [1.807, 2.05) is 35.7 Å². The van der Waals surface area contributed by atoms with Crippen LogP contribution in [0, 0.1) is 0 Å². The summed E-state index contributed by atoms with van der Waals surface area (Å²) in [4.78, 5) is 15.0. The Morgan fingerprint density at radius 2 is 2.05 bits per heavy atom. The Morgan fingerprint density at radius 1 is 1.27 bits per heavy atom. The summed E-state index contributed by atoms with van der Waals surface area (Å²) in [6.07, 6.45) is 2.73. The summed E-state index contributed by atoms with van der Waals surface area (Å²) in [6, 6.07) is 11.4. The molecule has 0 aliphatic carbocycles. The molecule has 116 valence electrons. The Morgan fingerprint density at radius 3 is 2.68 bits per heavy atom. The molecule has 1 N–H and O–H groups in total. The topological polar surface area (TPSA) is 40.5 Å². The number of carboxylic acids is 1. The standard InChI is InChI=1S/C17H18ClNO2S/c18-13-8-6-12(7-9-13)16(15-5-3-11-22-15)19-10-2-1-4-14(19)17(20)21/h3,5-9,11,14,16H,1-2,4,10H2,(H,20,21). The second-order valence-electron chi connectivity index (χ2n) is 5.56. The largest absolute Gasteiger partial charge is 0.480 e. The number of thiophene rings is 1. The van der Waals surface area contributed by atoms with Crippen molar-refractivity contribution in [3.63, 3.8) is 0 Å². The van der Waals surface area contributed by atoms with E-state index in [-0.39, 0.29) is 6.04 Å². The Hall–Kier alpha value is -1.36. The van der Waals surface area contributed by atoms with Crippen molar-refractivity contribution in [1.82, 2.24) is 4.90 Å². The number of carbonyl (C=O) groups is 1. The number of halogens is 1. The SMILES string of the molecule is O=C(O)C1CCCCN1C(c1ccc(Cl)cc1)c1cccs1. The summed E-state index contributed by atoms with van der Waals surface area (Å²) in [6.45, 7) is 0.808. The fourth-order valence-electron chi connectivity index (χ4n) is 3.14. The average molecular weight is 336 g/mol. The highest BCUT2D eigenvalue weighted by Gasteiger charge is 2.35. The van der Waals surface area contributed by atoms with Crippen LogP contribution in [0.3, 0.4) is 0 Å². The highest BCUT2D eigenvalue weighted by molar-refractivity contribution is 7.10. The Labute approximate surface area is 139 Å². The summed E-state index contributed by atoms with van der Waals surface area (Å²) >= 11 is 7.67. The third-order valence-electron chi connectivity index (χ3n) is 4.16. The van der Waals surface area contributed by atoms with E-state index in [0.29, 0.717) is 11.4 Å². The van der Waals surface area contributed by atoms with Gasteiger partial charge in [0.25, 0.3) is 0 Å². The zero-order valence-corrected chi connectivity index (χ0v) is 13.7. The van der Waals surface area contributed by atoms with Crippen LogP contribution < -0.4 is 0 Å². The van der Waals surface area contributed by atoms with Crippen molar-refractivity contribution in [2.24, 2.45) is 0 Å². The highest BCUT2D eigenvalue weighted by Crippen LogP contribution is 2.36. The molecule has 3 rings (SSSR count). The Bertz CT molecular complexity index is 627. The van der Waals surface area contributed by atoms with Crippen LogP contribution in [0.1, 0.15) is 35.7 Å². The molecule has 1 aliphatic heterocycles. The zero-order chi connectivity index (χ0) is 15.5. The minimum atomic E-state index is -0.727. The normalized spacial score (nSPS) is 20.7. The van der Waals surface area contributed by atoms with Crippen molar-refractivity contribution in [1.29, 1.82) is 0 Å². The molecule has 0 spiro atoms. The van der Waals surface area contributed by atoms with Crippen LogP contribution in [0.15, 0.2) is 41.8 Å². The highest BCUT2D eigenvalue weighted by atomic mass is 35.5. The molecule has 0 radical (unpaired) electrons. The van der Waals surface area contributed by atoms with E-state index in [9.17, 15) is 9.90 Å². The first-order chi connectivity index (χ1) is 10.7. The predicted molar refractivity (Wildman–Crippen MR) is 89.6 cm³/mol. The molecule has 2 unspecified atom stereocenters. The molecule has 22 heavy (non-hydrogen) atoms. The van der Waals surface area contributed by atoms with Crippen molar-refractivity contribution < 1.29 is 9.90 Å². The van der Waals surface area contributed by atoms with E-state index >= 15 is 0 Å². The summed E-state index contributed by atoms with van der Waals surface area (Å²) in [5.74, 6) is -0.727. The van der Waals surface area contributed by atoms with Crippen LogP contribution >= 0.6 is 22.9 Å². The lowest BCUT2D eigenvalue weighted by Gasteiger charge is -2.39. The van der Waals surface area contributed by atoms with Crippen molar-refractivity contribution in [2.45, 2.75) is 31.3 Å². The second kappa shape index (κ2) is 6.82. The van der Waals surface area contributed by atoms with Crippen molar-refractivity contribution in [3.05, 3.63) is 57.2 Å². The fraction of sp³-hybridized carbons (Fsp3) is 0.353. The van der Waals surface area contributed by atoms with Crippen LogP contribution in [-0.2, 0) is 4.79 Å². The first kappa shape index (κ1) is 15.5. The van der Waals surface area contributed by atoms with Gasteiger partial charge in [0.1, 0.15) is 6.04 Å². The van der Waals surface area contributed by atoms with Crippen LogP contribution in [-0.4, -0.2) is 28.6 Å². The summed E-state index contributed by atoms with van der Waals surface area (Å²) in [7, 11) is 0. The molecule has 0 saturated carbocycles. The summed E-state index contributed by atoms with van der Waals surface area (Å²) in [5, 5.41) is 12.3. The van der Waals surface area contributed by atoms with Crippen molar-refractivity contribution >= 4 is 28.9 Å². The van der Waals surface area contributed by atoms with Gasteiger partial charge in [-0.15, -0.1) is 11.3 Å². The van der Waals surface area contributed by atoms with Gasteiger partial charge in [-0.3, -0.25) is 9.69 Å². The second-order valence-corrected chi connectivity index (χ2v) is 6.97. The Kier molecular flexibility index (Phi) is 4.81. The molecule has 1 aliphatic rings. The molecule has 2 heterocycles. The van der Waals surface area contributed by atoms with Crippen LogP contribution in [0.2, 0.25) is 5.02 Å². The number of carboxylic acid groups (broad SMARTS) is 1. The van der Waals surface area contributed by atoms with Gasteiger partial charge in [-0.25, -0.2) is 0 Å². The molecule has 1 saturated heterocycles. The summed E-state index contributed by atoms with van der Waals surface area (Å²) < 4.78 is 0. The van der Waals surface area contributed by atoms with Gasteiger partial charge >= 0.3 is 5.97 Å². The molecule has 1 aromatic heterocycles. The number of hydrogen-bond donors (Lipinski definition) is 1. The maximum atomic E-state index is 11.7. The molecular weight excluding hydrogens is 318 g/mol. The van der Waals surface area contributed by atoms with Gasteiger partial charge in [0, 0.05) is 9.90 Å². The maximum absolute atomic E-state index is 11.7. The minimum absolute atomic E-state index is 0.0151. The van der Waals surface area contributed by atoms with Crippen molar-refractivity contribution in [3.8, 4) is 0 Å². The number of hydrogen-bond acceptors (Lipinski definition) is 3. The minimum Gasteiger partial charge on any atom is -0.480 e. The molecule has 1 fully saturated rings. The van der Waals surface area contributed by atoms with Crippen LogP contribution in [0.5, 0.6) is 0 Å². The first-order valence-corrected chi connectivity index (χ1v) is 8.70. The van der Waals surface area contributed by atoms with E-state index in [0.717, 1.165) is 24.9 Å². The molecular formula is C17H18ClNO2S. The van der Waals surface area contributed by atoms with Gasteiger partial charge in [0.05, 0.1) is 6.04 Å². The number of benzene rings is 1. The third-order valence-corrected chi connectivity index (χ3v) is 5.34. The lowest BCUT2D eigenvalue weighted by Crippen LogP contribution is -2.46. The number of rotatable bonds is 4. The van der Waals surface area contributed by atoms with Crippen molar-refractivity contribution in [2.75, 3.05) is 6.54 Å². The van der Waals surface area contributed by atoms with E-state index in [1.54, 1.807) is 11.3 Å².